The van der Waals surface area contributed by atoms with Crippen LogP contribution in [0.1, 0.15) is 25.7 Å². The number of hydrogen-bond donors (Lipinski definition) is 2. The van der Waals surface area contributed by atoms with Gasteiger partial charge in [0.15, 0.2) is 13.2 Å². The number of ether oxygens (including phenoxy) is 2. The van der Waals surface area contributed by atoms with Gasteiger partial charge in [0.25, 0.3) is 0 Å². The Balaban J connectivity index is 2.53. The third-order valence-corrected chi connectivity index (χ3v) is 6.03. The first kappa shape index (κ1) is 37.4. The minimum Gasteiger partial charge on any atom is -0.443 e. The predicted octanol–water partition coefficient (Wildman–Crippen LogP) is 6.59. The van der Waals surface area contributed by atoms with Crippen LogP contribution in [0.4, 0.5) is 79.8 Å². The normalized spacial score (nSPS) is 19.6. The van der Waals surface area contributed by atoms with Gasteiger partial charge in [-0.05, 0) is 31.1 Å². The van der Waals surface area contributed by atoms with Crippen LogP contribution in [0.3, 0.4) is 0 Å². The highest BCUT2D eigenvalue weighted by atomic mass is 19.4. The molecule has 1 rings (SSSR count). The smallest absolute Gasteiger partial charge is 0.407 e. The van der Waals surface area contributed by atoms with Crippen molar-refractivity contribution >= 4 is 12.2 Å². The molecular weight excluding hydrogens is 636 g/mol. The second-order valence-corrected chi connectivity index (χ2v) is 9.22. The van der Waals surface area contributed by atoms with E-state index < -0.39 is 98.7 Å². The lowest BCUT2D eigenvalue weighted by molar-refractivity contribution is -0.343. The van der Waals surface area contributed by atoms with Crippen LogP contribution in [-0.2, 0) is 9.47 Å². The Morgan fingerprint density at radius 1 is 0.619 bits per heavy atom. The van der Waals surface area contributed by atoms with Crippen molar-refractivity contribution in [2.75, 3.05) is 26.3 Å². The van der Waals surface area contributed by atoms with Crippen LogP contribution in [0.25, 0.3) is 0 Å². The maximum absolute atomic E-state index is 13.4. The number of amides is 2. The van der Waals surface area contributed by atoms with Gasteiger partial charge in [-0.1, -0.05) is 6.42 Å². The maximum atomic E-state index is 13.4. The Kier molecular flexibility index (Phi) is 11.9. The molecule has 0 radical (unpaired) electrons. The first-order valence-electron chi connectivity index (χ1n) is 11.5. The van der Waals surface area contributed by atoms with Crippen LogP contribution >= 0.6 is 0 Å². The fourth-order valence-corrected chi connectivity index (χ4v) is 3.59. The summed E-state index contributed by atoms with van der Waals surface area (Å²) in [5.41, 5.74) is 0. The maximum Gasteiger partial charge on any atom is 0.407 e. The monoisotopic (exact) mass is 658 g/mol. The third-order valence-electron chi connectivity index (χ3n) is 6.03. The van der Waals surface area contributed by atoms with Crippen LogP contribution in [0.2, 0.25) is 0 Å². The molecule has 1 aliphatic carbocycles. The number of halogens is 16. The van der Waals surface area contributed by atoms with Crippen LogP contribution in [-0.4, -0.2) is 86.9 Å². The highest BCUT2D eigenvalue weighted by Crippen LogP contribution is 2.49. The molecule has 0 heterocycles. The standard InChI is InChI=1S/C20H22F16N2O4/c21-11(22)17(29,30)19(33,34)15(25,26)7-41-13(39)37-5-9-2-1-3-10(4-9)6-38-14(40)42-8-16(27,28)20(35,36)18(31,32)12(23)24/h9-12H,1-8H2,(H,37,39)(H,38,40). The number of alkyl carbamates (subject to hydrolysis) is 2. The summed E-state index contributed by atoms with van der Waals surface area (Å²) in [4.78, 5) is 23.1. The summed E-state index contributed by atoms with van der Waals surface area (Å²) < 4.78 is 214. The van der Waals surface area contributed by atoms with E-state index in [-0.39, 0.29) is 6.42 Å². The summed E-state index contributed by atoms with van der Waals surface area (Å²) in [5.74, 6) is -39.0. The van der Waals surface area contributed by atoms with Crippen molar-refractivity contribution in [3.05, 3.63) is 0 Å². The second kappa shape index (κ2) is 13.4. The van der Waals surface area contributed by atoms with E-state index in [1.807, 2.05) is 10.6 Å². The largest absolute Gasteiger partial charge is 0.443 e. The van der Waals surface area contributed by atoms with E-state index in [1.54, 1.807) is 0 Å². The summed E-state index contributed by atoms with van der Waals surface area (Å²) in [6.45, 7) is -6.21. The summed E-state index contributed by atoms with van der Waals surface area (Å²) in [7, 11) is 0. The van der Waals surface area contributed by atoms with E-state index in [2.05, 4.69) is 9.47 Å². The van der Waals surface area contributed by atoms with E-state index >= 15 is 0 Å². The highest BCUT2D eigenvalue weighted by molar-refractivity contribution is 5.67. The molecule has 1 aliphatic rings. The van der Waals surface area contributed by atoms with E-state index in [4.69, 9.17) is 0 Å². The van der Waals surface area contributed by atoms with Crippen LogP contribution in [0, 0.1) is 11.8 Å². The van der Waals surface area contributed by atoms with Gasteiger partial charge in [0, 0.05) is 13.1 Å². The van der Waals surface area contributed by atoms with Crippen LogP contribution in [0.15, 0.2) is 0 Å². The molecule has 2 atom stereocenters. The quantitative estimate of drug-likeness (QED) is 0.207. The fraction of sp³-hybridized carbons (Fsp3) is 0.900. The SMILES string of the molecule is O=C(NCC1CCCC(CNC(=O)OCC(F)(F)C(F)(F)C(F)(F)C(F)F)C1)OCC(F)(F)C(F)(F)C(F)(F)C(F)F. The Labute approximate surface area is 225 Å². The molecule has 22 heteroatoms. The molecule has 0 spiro atoms. The Bertz CT molecular complexity index is 849. The molecule has 0 aromatic heterocycles. The number of alkyl halides is 16. The fourth-order valence-electron chi connectivity index (χ4n) is 3.59. The molecule has 0 saturated heterocycles. The summed E-state index contributed by atoms with van der Waals surface area (Å²) in [6, 6.07) is 0. The topological polar surface area (TPSA) is 76.7 Å². The summed E-state index contributed by atoms with van der Waals surface area (Å²) >= 11 is 0. The van der Waals surface area contributed by atoms with E-state index in [1.165, 1.54) is 0 Å². The number of carbonyl (C=O) groups excluding carboxylic acids is 2. The van der Waals surface area contributed by atoms with Gasteiger partial charge in [-0.2, -0.15) is 52.7 Å². The van der Waals surface area contributed by atoms with Crippen molar-refractivity contribution in [1.82, 2.24) is 10.6 Å². The van der Waals surface area contributed by atoms with Crippen LogP contribution < -0.4 is 10.6 Å². The number of rotatable bonds is 14. The average molecular weight is 658 g/mol. The molecule has 0 aromatic carbocycles. The molecule has 0 bridgehead atoms. The Morgan fingerprint density at radius 2 is 0.929 bits per heavy atom. The molecule has 6 nitrogen and oxygen atoms in total. The van der Waals surface area contributed by atoms with Gasteiger partial charge in [0.1, 0.15) is 0 Å². The number of carbonyl (C=O) groups is 2. The van der Waals surface area contributed by atoms with Crippen molar-refractivity contribution in [2.45, 2.75) is 74.1 Å². The first-order chi connectivity index (χ1) is 18.8. The molecule has 42 heavy (non-hydrogen) atoms. The van der Waals surface area contributed by atoms with Crippen molar-refractivity contribution in [3.8, 4) is 0 Å². The Morgan fingerprint density at radius 3 is 1.21 bits per heavy atom. The number of hydrogen-bond acceptors (Lipinski definition) is 4. The second-order valence-electron chi connectivity index (χ2n) is 9.22. The van der Waals surface area contributed by atoms with Gasteiger partial charge in [-0.3, -0.25) is 0 Å². The van der Waals surface area contributed by atoms with Crippen molar-refractivity contribution < 1.29 is 89.3 Å². The molecule has 2 amide bonds. The molecule has 248 valence electrons. The van der Waals surface area contributed by atoms with Gasteiger partial charge in [0.2, 0.25) is 0 Å². The lowest BCUT2D eigenvalue weighted by Crippen LogP contribution is -2.59. The molecule has 2 N–H and O–H groups in total. The van der Waals surface area contributed by atoms with Gasteiger partial charge in [-0.25, -0.2) is 27.2 Å². The third kappa shape index (κ3) is 8.28. The zero-order chi connectivity index (χ0) is 32.9. The highest BCUT2D eigenvalue weighted by Gasteiger charge is 2.76. The lowest BCUT2D eigenvalue weighted by atomic mass is 9.81. The van der Waals surface area contributed by atoms with Gasteiger partial charge >= 0.3 is 60.6 Å². The number of nitrogens with one attached hydrogen (secondary N) is 2. The average Bonchev–Trinajstić information content (AvgIpc) is 2.88. The van der Waals surface area contributed by atoms with Crippen molar-refractivity contribution in [2.24, 2.45) is 11.8 Å². The lowest BCUT2D eigenvalue weighted by Gasteiger charge is -2.32. The molecule has 2 unspecified atom stereocenters. The van der Waals surface area contributed by atoms with Gasteiger partial charge in [0.05, 0.1) is 0 Å². The zero-order valence-corrected chi connectivity index (χ0v) is 20.6. The van der Waals surface area contributed by atoms with E-state index in [9.17, 15) is 79.8 Å². The summed E-state index contributed by atoms with van der Waals surface area (Å²) in [5, 5.41) is 3.68. The molecule has 1 saturated carbocycles. The Hall–Kier alpha value is -2.58. The van der Waals surface area contributed by atoms with Gasteiger partial charge in [-0.15, -0.1) is 0 Å². The van der Waals surface area contributed by atoms with Gasteiger partial charge < -0.3 is 20.1 Å². The minimum atomic E-state index is -6.59. The minimum absolute atomic E-state index is 0.0737. The van der Waals surface area contributed by atoms with Crippen LogP contribution in [0.5, 0.6) is 0 Å². The molecule has 1 fully saturated rings. The molecular formula is C20H22F16N2O4. The predicted molar refractivity (Wildman–Crippen MR) is 106 cm³/mol. The molecule has 0 aromatic rings. The summed E-state index contributed by atoms with van der Waals surface area (Å²) in [6.07, 6.45) is -12.9. The van der Waals surface area contributed by atoms with Crippen molar-refractivity contribution in [3.63, 3.8) is 0 Å². The van der Waals surface area contributed by atoms with E-state index in [0.29, 0.717) is 19.3 Å². The van der Waals surface area contributed by atoms with Crippen molar-refractivity contribution in [1.29, 1.82) is 0 Å². The first-order valence-corrected chi connectivity index (χ1v) is 11.5. The zero-order valence-electron chi connectivity index (χ0n) is 20.6. The molecule has 0 aliphatic heterocycles. The van der Waals surface area contributed by atoms with E-state index in [0.717, 1.165) is 0 Å².